The highest BCUT2D eigenvalue weighted by Gasteiger charge is 2.45. The standard InChI is InChI=1S/C25H27NO13/c27-10-18-22(35)23(36)24(37)25(39-18)38-17-9-12(28)8-16(31)21(17)15(30)4-2-11-1-3-14(29)13(7-11)26-19(32)5-6-20(33)34/h1,3,5-9,18,22-25,27-29,31,35-37H,2,4,10H2,(H,26,32)(H,33,34)/b6-5+/t18-,22+,23+,24-,25+/m1/s1. The van der Waals surface area contributed by atoms with Gasteiger partial charge in [-0.15, -0.1) is 0 Å². The third-order valence-corrected chi connectivity index (χ3v) is 5.77. The van der Waals surface area contributed by atoms with Crippen molar-refractivity contribution in [2.45, 2.75) is 43.5 Å². The number of carbonyl (C=O) groups excluding carboxylic acids is 2. The molecular weight excluding hydrogens is 522 g/mol. The zero-order chi connectivity index (χ0) is 28.9. The van der Waals surface area contributed by atoms with E-state index in [-0.39, 0.29) is 24.3 Å². The molecule has 3 rings (SSSR count). The lowest BCUT2D eigenvalue weighted by Crippen LogP contribution is -2.60. The first-order valence-electron chi connectivity index (χ1n) is 11.5. The minimum atomic E-state index is -1.81. The van der Waals surface area contributed by atoms with Crippen LogP contribution in [0.25, 0.3) is 0 Å². The van der Waals surface area contributed by atoms with Gasteiger partial charge in [0.1, 0.15) is 53.0 Å². The number of aryl methyl sites for hydroxylation is 1. The molecule has 210 valence electrons. The lowest BCUT2D eigenvalue weighted by molar-refractivity contribution is -0.277. The fourth-order valence-corrected chi connectivity index (χ4v) is 3.79. The Morgan fingerprint density at radius 3 is 2.33 bits per heavy atom. The number of phenols is 3. The number of aromatic hydroxyl groups is 3. The number of Topliss-reactive ketones (excluding diaryl/α,β-unsaturated/α-hetero) is 1. The second-order valence-electron chi connectivity index (χ2n) is 8.59. The molecule has 2 aromatic rings. The number of nitrogens with one attached hydrogen (secondary N) is 1. The predicted octanol–water partition coefficient (Wildman–Crippen LogP) is -0.623. The van der Waals surface area contributed by atoms with E-state index in [0.717, 1.165) is 18.2 Å². The number of rotatable bonds is 10. The number of benzene rings is 2. The monoisotopic (exact) mass is 549 g/mol. The Hall–Kier alpha value is -4.21. The molecule has 0 aliphatic carbocycles. The summed E-state index contributed by atoms with van der Waals surface area (Å²) in [6, 6.07) is 5.92. The van der Waals surface area contributed by atoms with Gasteiger partial charge in [0.2, 0.25) is 12.2 Å². The fraction of sp³-hybridized carbons (Fsp3) is 0.320. The van der Waals surface area contributed by atoms with E-state index in [9.17, 15) is 50.1 Å². The minimum Gasteiger partial charge on any atom is -0.508 e. The highest BCUT2D eigenvalue weighted by atomic mass is 16.7. The van der Waals surface area contributed by atoms with Gasteiger partial charge in [0.15, 0.2) is 5.78 Å². The molecule has 0 saturated carbocycles. The van der Waals surface area contributed by atoms with Crippen molar-refractivity contribution in [3.05, 3.63) is 53.6 Å². The summed E-state index contributed by atoms with van der Waals surface area (Å²) >= 11 is 0. The van der Waals surface area contributed by atoms with Gasteiger partial charge < -0.3 is 55.6 Å². The quantitative estimate of drug-likeness (QED) is 0.102. The van der Waals surface area contributed by atoms with Crippen molar-refractivity contribution in [3.63, 3.8) is 0 Å². The number of carbonyl (C=O) groups is 3. The Labute approximate surface area is 220 Å². The molecule has 9 N–H and O–H groups in total. The summed E-state index contributed by atoms with van der Waals surface area (Å²) in [5.74, 6) is -4.73. The van der Waals surface area contributed by atoms with E-state index in [4.69, 9.17) is 14.6 Å². The molecule has 1 saturated heterocycles. The van der Waals surface area contributed by atoms with E-state index >= 15 is 0 Å². The molecule has 1 amide bonds. The number of anilines is 1. The number of ketones is 1. The summed E-state index contributed by atoms with van der Waals surface area (Å²) in [6.45, 7) is -0.729. The molecule has 0 unspecified atom stereocenters. The molecule has 0 aromatic heterocycles. The molecule has 0 radical (unpaired) electrons. The molecule has 1 aliphatic heterocycles. The summed E-state index contributed by atoms with van der Waals surface area (Å²) in [4.78, 5) is 35.5. The highest BCUT2D eigenvalue weighted by molar-refractivity contribution is 6.03. The van der Waals surface area contributed by atoms with Gasteiger partial charge >= 0.3 is 5.97 Å². The molecule has 1 fully saturated rings. The average Bonchev–Trinajstić information content (AvgIpc) is 2.87. The maximum atomic E-state index is 13.1. The number of aliphatic hydroxyl groups is 4. The summed E-state index contributed by atoms with van der Waals surface area (Å²) in [5, 5.41) is 80.7. The van der Waals surface area contributed by atoms with E-state index in [1.165, 1.54) is 18.2 Å². The van der Waals surface area contributed by atoms with Gasteiger partial charge in [-0.2, -0.15) is 0 Å². The third kappa shape index (κ3) is 7.22. The van der Waals surface area contributed by atoms with Gasteiger partial charge in [-0.1, -0.05) is 6.07 Å². The van der Waals surface area contributed by atoms with E-state index < -0.39 is 77.8 Å². The maximum absolute atomic E-state index is 13.1. The van der Waals surface area contributed by atoms with Gasteiger partial charge in [0.25, 0.3) is 0 Å². The molecule has 39 heavy (non-hydrogen) atoms. The van der Waals surface area contributed by atoms with Crippen molar-refractivity contribution in [2.75, 3.05) is 11.9 Å². The van der Waals surface area contributed by atoms with Crippen LogP contribution in [0.2, 0.25) is 0 Å². The topological polar surface area (TPSA) is 244 Å². The summed E-state index contributed by atoms with van der Waals surface area (Å²) in [6.07, 6.45) is -7.08. The molecule has 0 bridgehead atoms. The van der Waals surface area contributed by atoms with Gasteiger partial charge in [0, 0.05) is 30.7 Å². The van der Waals surface area contributed by atoms with Crippen LogP contribution in [0.15, 0.2) is 42.5 Å². The first-order valence-corrected chi connectivity index (χ1v) is 11.5. The zero-order valence-corrected chi connectivity index (χ0v) is 20.2. The molecule has 0 spiro atoms. The van der Waals surface area contributed by atoms with Crippen LogP contribution in [0.5, 0.6) is 23.0 Å². The van der Waals surface area contributed by atoms with Crippen LogP contribution in [0.3, 0.4) is 0 Å². The van der Waals surface area contributed by atoms with Crippen LogP contribution < -0.4 is 10.1 Å². The van der Waals surface area contributed by atoms with Gasteiger partial charge in [-0.05, 0) is 24.1 Å². The summed E-state index contributed by atoms with van der Waals surface area (Å²) in [5.41, 5.74) is 0.0308. The zero-order valence-electron chi connectivity index (χ0n) is 20.2. The Balaban J connectivity index is 1.78. The lowest BCUT2D eigenvalue weighted by Gasteiger charge is -2.39. The molecule has 1 heterocycles. The number of amides is 1. The number of aliphatic carboxylic acids is 1. The molecule has 14 nitrogen and oxygen atoms in total. The number of carboxylic acid groups (broad SMARTS) is 1. The van der Waals surface area contributed by atoms with Crippen LogP contribution in [-0.4, -0.2) is 95.8 Å². The number of phenolic OH excluding ortho intramolecular Hbond substituents is 3. The molecular formula is C25H27NO13. The van der Waals surface area contributed by atoms with E-state index in [1.807, 2.05) is 0 Å². The Kier molecular flexibility index (Phi) is 9.45. The van der Waals surface area contributed by atoms with Crippen LogP contribution >= 0.6 is 0 Å². The normalized spacial score (nSPS) is 22.9. The molecule has 5 atom stereocenters. The Morgan fingerprint density at radius 1 is 0.949 bits per heavy atom. The van der Waals surface area contributed by atoms with Crippen LogP contribution in [0, 0.1) is 0 Å². The van der Waals surface area contributed by atoms with Crippen molar-refractivity contribution < 1.29 is 64.7 Å². The summed E-state index contributed by atoms with van der Waals surface area (Å²) < 4.78 is 10.7. The van der Waals surface area contributed by atoms with Gasteiger partial charge in [0.05, 0.1) is 12.3 Å². The van der Waals surface area contributed by atoms with Crippen LogP contribution in [0.1, 0.15) is 22.3 Å². The van der Waals surface area contributed by atoms with Crippen molar-refractivity contribution in [1.82, 2.24) is 0 Å². The van der Waals surface area contributed by atoms with E-state index in [2.05, 4.69) is 5.32 Å². The van der Waals surface area contributed by atoms with Gasteiger partial charge in [-0.3, -0.25) is 9.59 Å². The Bertz CT molecular complexity index is 1260. The molecule has 2 aromatic carbocycles. The maximum Gasteiger partial charge on any atom is 0.328 e. The third-order valence-electron chi connectivity index (χ3n) is 5.77. The largest absolute Gasteiger partial charge is 0.508 e. The van der Waals surface area contributed by atoms with Crippen molar-refractivity contribution in [2.24, 2.45) is 0 Å². The smallest absolute Gasteiger partial charge is 0.328 e. The first-order chi connectivity index (χ1) is 18.4. The van der Waals surface area contributed by atoms with Crippen LogP contribution in [0.4, 0.5) is 5.69 Å². The fourth-order valence-electron chi connectivity index (χ4n) is 3.79. The minimum absolute atomic E-state index is 0.0345. The SMILES string of the molecule is O=C(O)/C=C/C(=O)Nc1cc(CCC(=O)c2c(O)cc(O)cc2O[C@H]2O[C@H](CO)[C@H](O)[C@H](O)[C@H]2O)ccc1O. The highest BCUT2D eigenvalue weighted by Crippen LogP contribution is 2.36. The summed E-state index contributed by atoms with van der Waals surface area (Å²) in [7, 11) is 0. The lowest BCUT2D eigenvalue weighted by atomic mass is 9.98. The van der Waals surface area contributed by atoms with Crippen molar-refractivity contribution in [3.8, 4) is 23.0 Å². The number of aliphatic hydroxyl groups excluding tert-OH is 4. The van der Waals surface area contributed by atoms with Crippen molar-refractivity contribution in [1.29, 1.82) is 0 Å². The van der Waals surface area contributed by atoms with E-state index in [1.54, 1.807) is 0 Å². The number of ether oxygens (including phenoxy) is 2. The Morgan fingerprint density at radius 2 is 1.67 bits per heavy atom. The van der Waals surface area contributed by atoms with Gasteiger partial charge in [-0.25, -0.2) is 4.79 Å². The van der Waals surface area contributed by atoms with E-state index in [0.29, 0.717) is 11.6 Å². The second-order valence-corrected chi connectivity index (χ2v) is 8.59. The average molecular weight is 549 g/mol. The van der Waals surface area contributed by atoms with Crippen LogP contribution in [-0.2, 0) is 20.7 Å². The number of hydrogen-bond donors (Lipinski definition) is 9. The predicted molar refractivity (Wildman–Crippen MR) is 130 cm³/mol. The number of hydrogen-bond acceptors (Lipinski definition) is 12. The van der Waals surface area contributed by atoms with Crippen molar-refractivity contribution >= 4 is 23.3 Å². The second kappa shape index (κ2) is 12.6. The molecule has 14 heteroatoms. The first kappa shape index (κ1) is 29.3. The number of carboxylic acids is 1. The molecule has 1 aliphatic rings.